The van der Waals surface area contributed by atoms with Gasteiger partial charge in [0.05, 0.1) is 6.61 Å². The molecule has 8 heteroatoms. The monoisotopic (exact) mass is 326 g/mol. The molecule has 0 spiro atoms. The van der Waals surface area contributed by atoms with Crippen molar-refractivity contribution in [2.45, 2.75) is 58.6 Å². The predicted molar refractivity (Wildman–Crippen MR) is 84.7 cm³/mol. The highest BCUT2D eigenvalue weighted by molar-refractivity contribution is 5.82. The number of nitrogens with zero attached hydrogens (tertiary/aromatic N) is 4. The summed E-state index contributed by atoms with van der Waals surface area (Å²) in [6, 6.07) is -0.603. The van der Waals surface area contributed by atoms with Crippen LogP contribution in [-0.2, 0) is 14.3 Å². The average Bonchev–Trinajstić information content (AvgIpc) is 2.86. The topological polar surface area (TPSA) is 105 Å². The number of ether oxygens (including phenoxy) is 2. The van der Waals surface area contributed by atoms with Gasteiger partial charge in [-0.05, 0) is 58.4 Å². The Hall–Kier alpha value is -1.95. The van der Waals surface area contributed by atoms with Crippen LogP contribution in [0.1, 0.15) is 47.0 Å². The maximum Gasteiger partial charge on any atom is 0.411 e. The number of esters is 1. The molecule has 0 aromatic rings. The maximum absolute atomic E-state index is 12.3. The lowest BCUT2D eigenvalue weighted by Gasteiger charge is -2.27. The van der Waals surface area contributed by atoms with E-state index in [1.54, 1.807) is 27.7 Å². The van der Waals surface area contributed by atoms with E-state index in [0.29, 0.717) is 19.5 Å². The number of rotatable bonds is 6. The average molecular weight is 326 g/mol. The van der Waals surface area contributed by atoms with E-state index in [0.717, 1.165) is 12.8 Å². The van der Waals surface area contributed by atoms with Crippen LogP contribution in [0.25, 0.3) is 10.4 Å². The van der Waals surface area contributed by atoms with Gasteiger partial charge in [-0.3, -0.25) is 4.90 Å². The minimum Gasteiger partial charge on any atom is -0.464 e. The van der Waals surface area contributed by atoms with Gasteiger partial charge in [0.15, 0.2) is 0 Å². The Morgan fingerprint density at radius 1 is 1.39 bits per heavy atom. The van der Waals surface area contributed by atoms with Crippen LogP contribution in [0.4, 0.5) is 4.79 Å². The molecule has 0 radical (unpaired) electrons. The smallest absolute Gasteiger partial charge is 0.411 e. The van der Waals surface area contributed by atoms with Gasteiger partial charge in [-0.25, -0.2) is 9.59 Å². The Morgan fingerprint density at radius 3 is 2.65 bits per heavy atom. The lowest BCUT2D eigenvalue weighted by Crippen LogP contribution is -2.44. The first kappa shape index (κ1) is 19.1. The summed E-state index contributed by atoms with van der Waals surface area (Å²) in [6.07, 6.45) is 1.57. The number of carbonyl (C=O) groups excluding carboxylic acids is 2. The molecule has 23 heavy (non-hydrogen) atoms. The molecule has 2 atom stereocenters. The third kappa shape index (κ3) is 6.36. The Morgan fingerprint density at radius 2 is 2.09 bits per heavy atom. The predicted octanol–water partition coefficient (Wildman–Crippen LogP) is 3.27. The van der Waals surface area contributed by atoms with Crippen molar-refractivity contribution in [3.8, 4) is 0 Å². The van der Waals surface area contributed by atoms with Crippen molar-refractivity contribution in [1.82, 2.24) is 4.90 Å². The summed E-state index contributed by atoms with van der Waals surface area (Å²) < 4.78 is 10.5. The van der Waals surface area contributed by atoms with Gasteiger partial charge in [0, 0.05) is 18.0 Å². The fourth-order valence-electron chi connectivity index (χ4n) is 2.61. The molecule has 1 fully saturated rings. The van der Waals surface area contributed by atoms with Gasteiger partial charge in [-0.15, -0.1) is 0 Å². The van der Waals surface area contributed by atoms with Crippen molar-refractivity contribution < 1.29 is 19.1 Å². The summed E-state index contributed by atoms with van der Waals surface area (Å²) in [5.41, 5.74) is 7.67. The highest BCUT2D eigenvalue weighted by Crippen LogP contribution is 2.29. The van der Waals surface area contributed by atoms with Crippen LogP contribution >= 0.6 is 0 Å². The molecule has 1 rings (SSSR count). The van der Waals surface area contributed by atoms with E-state index in [4.69, 9.17) is 15.0 Å². The Bertz CT molecular complexity index is 469. The van der Waals surface area contributed by atoms with Gasteiger partial charge in [-0.2, -0.15) is 0 Å². The van der Waals surface area contributed by atoms with Crippen LogP contribution in [0.5, 0.6) is 0 Å². The molecule has 1 saturated heterocycles. The van der Waals surface area contributed by atoms with Crippen LogP contribution < -0.4 is 0 Å². The standard InChI is InChI=1S/C15H26N4O4/c1-5-22-13(20)12-9-11(7-6-8-17-18-16)10-19(12)14(21)23-15(2,3)4/h11-12H,5-10H2,1-4H3/t11?,12-/m0/s1. The van der Waals surface area contributed by atoms with E-state index in [1.165, 1.54) is 4.90 Å². The Kier molecular flexibility index (Phi) is 7.16. The molecule has 0 saturated carbocycles. The fourth-order valence-corrected chi connectivity index (χ4v) is 2.61. The summed E-state index contributed by atoms with van der Waals surface area (Å²) in [5, 5.41) is 3.50. The lowest BCUT2D eigenvalue weighted by molar-refractivity contribution is -0.148. The van der Waals surface area contributed by atoms with E-state index in [9.17, 15) is 9.59 Å². The van der Waals surface area contributed by atoms with Gasteiger partial charge >= 0.3 is 12.1 Å². The number of azide groups is 1. The van der Waals surface area contributed by atoms with Crippen LogP contribution in [0, 0.1) is 5.92 Å². The molecular weight excluding hydrogens is 300 g/mol. The second kappa shape index (κ2) is 8.62. The zero-order chi connectivity index (χ0) is 17.5. The molecule has 0 N–H and O–H groups in total. The molecule has 1 amide bonds. The molecule has 0 aromatic heterocycles. The minimum absolute atomic E-state index is 0.172. The molecule has 1 aliphatic rings. The minimum atomic E-state index is -0.615. The molecule has 130 valence electrons. The second-order valence-corrected chi connectivity index (χ2v) is 6.60. The Balaban J connectivity index is 2.71. The molecule has 0 aliphatic carbocycles. The van der Waals surface area contributed by atoms with E-state index < -0.39 is 23.7 Å². The summed E-state index contributed by atoms with van der Waals surface area (Å²) in [5.74, 6) is -0.221. The number of likely N-dealkylation sites (tertiary alicyclic amines) is 1. The molecule has 1 aliphatic heterocycles. The van der Waals surface area contributed by atoms with Crippen molar-refractivity contribution in [3.63, 3.8) is 0 Å². The highest BCUT2D eigenvalue weighted by Gasteiger charge is 2.41. The van der Waals surface area contributed by atoms with Gasteiger partial charge in [0.1, 0.15) is 11.6 Å². The normalized spacial score (nSPS) is 20.8. The van der Waals surface area contributed by atoms with Crippen molar-refractivity contribution >= 4 is 12.1 Å². The quantitative estimate of drug-likeness (QED) is 0.245. The van der Waals surface area contributed by atoms with Gasteiger partial charge < -0.3 is 9.47 Å². The van der Waals surface area contributed by atoms with E-state index in [-0.39, 0.29) is 12.5 Å². The summed E-state index contributed by atoms with van der Waals surface area (Å²) >= 11 is 0. The maximum atomic E-state index is 12.3. The number of carbonyl (C=O) groups is 2. The van der Waals surface area contributed by atoms with Crippen molar-refractivity contribution in [2.75, 3.05) is 19.7 Å². The van der Waals surface area contributed by atoms with Crippen LogP contribution in [0.3, 0.4) is 0 Å². The highest BCUT2D eigenvalue weighted by atomic mass is 16.6. The molecule has 0 aromatic carbocycles. The van der Waals surface area contributed by atoms with Gasteiger partial charge in [0.2, 0.25) is 0 Å². The number of hydrogen-bond donors (Lipinski definition) is 0. The SMILES string of the molecule is CCOC(=O)[C@@H]1CC(CCCN=[N+]=[N-])CN1C(=O)OC(C)(C)C. The van der Waals surface area contributed by atoms with Crippen molar-refractivity contribution in [1.29, 1.82) is 0 Å². The van der Waals surface area contributed by atoms with Crippen molar-refractivity contribution in [2.24, 2.45) is 11.0 Å². The first-order valence-corrected chi connectivity index (χ1v) is 7.95. The van der Waals surface area contributed by atoms with E-state index in [1.807, 2.05) is 0 Å². The first-order valence-electron chi connectivity index (χ1n) is 7.95. The Labute approximate surface area is 136 Å². The van der Waals surface area contributed by atoms with Gasteiger partial charge in [-0.1, -0.05) is 5.11 Å². The van der Waals surface area contributed by atoms with E-state index >= 15 is 0 Å². The van der Waals surface area contributed by atoms with Gasteiger partial charge in [0.25, 0.3) is 0 Å². The van der Waals surface area contributed by atoms with Crippen LogP contribution in [-0.4, -0.2) is 48.3 Å². The summed E-state index contributed by atoms with van der Waals surface area (Å²) in [4.78, 5) is 28.6. The fraction of sp³-hybridized carbons (Fsp3) is 0.867. The lowest BCUT2D eigenvalue weighted by atomic mass is 10.00. The number of hydrogen-bond acceptors (Lipinski definition) is 5. The van der Waals surface area contributed by atoms with Crippen LogP contribution in [0.2, 0.25) is 0 Å². The molecule has 8 nitrogen and oxygen atoms in total. The molecule has 1 heterocycles. The van der Waals surface area contributed by atoms with Crippen LogP contribution in [0.15, 0.2) is 5.11 Å². The largest absolute Gasteiger partial charge is 0.464 e. The third-order valence-electron chi connectivity index (χ3n) is 3.51. The zero-order valence-corrected chi connectivity index (χ0v) is 14.3. The van der Waals surface area contributed by atoms with Crippen molar-refractivity contribution in [3.05, 3.63) is 10.4 Å². The zero-order valence-electron chi connectivity index (χ0n) is 14.3. The third-order valence-corrected chi connectivity index (χ3v) is 3.51. The second-order valence-electron chi connectivity index (χ2n) is 6.60. The number of amides is 1. The summed E-state index contributed by atoms with van der Waals surface area (Å²) in [6.45, 7) is 8.26. The first-order chi connectivity index (χ1) is 10.8. The summed E-state index contributed by atoms with van der Waals surface area (Å²) in [7, 11) is 0. The molecule has 0 bridgehead atoms. The van der Waals surface area contributed by atoms with E-state index in [2.05, 4.69) is 10.0 Å². The molecule has 1 unspecified atom stereocenters. The molecular formula is C15H26N4O4.